The van der Waals surface area contributed by atoms with Crippen LogP contribution in [-0.2, 0) is 11.3 Å². The maximum absolute atomic E-state index is 5.47. The molecule has 7 nitrogen and oxygen atoms in total. The lowest BCUT2D eigenvalue weighted by Crippen LogP contribution is -2.13. The summed E-state index contributed by atoms with van der Waals surface area (Å²) < 4.78 is 9.33. The van der Waals surface area contributed by atoms with Crippen LogP contribution in [-0.4, -0.2) is 43.0 Å². The molecule has 4 rings (SSSR count). The van der Waals surface area contributed by atoms with Crippen LogP contribution in [0.5, 0.6) is 0 Å². The van der Waals surface area contributed by atoms with Crippen LogP contribution < -0.4 is 0 Å². The molecule has 0 radical (unpaired) electrons. The molecule has 3 aromatic rings. The molecule has 0 amide bonds. The minimum Gasteiger partial charge on any atom is -0.381 e. The van der Waals surface area contributed by atoms with E-state index in [0.29, 0.717) is 12.5 Å². The quantitative estimate of drug-likeness (QED) is 0.728. The molecule has 1 saturated heterocycles. The maximum Gasteiger partial charge on any atom is 0.176 e. The highest BCUT2D eigenvalue weighted by atomic mass is 16.5. The number of rotatable bonds is 4. The minimum atomic E-state index is 0.357. The van der Waals surface area contributed by atoms with Gasteiger partial charge in [0.1, 0.15) is 5.82 Å². The molecular weight excluding hydrogens is 280 g/mol. The molecule has 1 unspecified atom stereocenters. The summed E-state index contributed by atoms with van der Waals surface area (Å²) in [7, 11) is 0. The lowest BCUT2D eigenvalue weighted by Gasteiger charge is -2.11. The monoisotopic (exact) mass is 296 g/mol. The van der Waals surface area contributed by atoms with E-state index >= 15 is 0 Å². The minimum absolute atomic E-state index is 0.357. The van der Waals surface area contributed by atoms with Crippen LogP contribution in [0.4, 0.5) is 0 Å². The smallest absolute Gasteiger partial charge is 0.176 e. The third kappa shape index (κ3) is 2.39. The van der Waals surface area contributed by atoms with E-state index in [4.69, 9.17) is 4.74 Å². The van der Waals surface area contributed by atoms with Crippen molar-refractivity contribution in [3.8, 4) is 5.69 Å². The van der Waals surface area contributed by atoms with Gasteiger partial charge < -0.3 is 9.30 Å². The summed E-state index contributed by atoms with van der Waals surface area (Å²) in [6, 6.07) is 9.89. The Morgan fingerprint density at radius 1 is 1.23 bits per heavy atom. The molecule has 2 aromatic heterocycles. The Labute approximate surface area is 127 Å². The van der Waals surface area contributed by atoms with Gasteiger partial charge in [-0.05, 0) is 29.0 Å². The number of ether oxygens (including phenoxy) is 1. The van der Waals surface area contributed by atoms with Gasteiger partial charge in [0.05, 0.1) is 18.8 Å². The van der Waals surface area contributed by atoms with E-state index < -0.39 is 0 Å². The Bertz CT molecular complexity index is 744. The van der Waals surface area contributed by atoms with Crippen molar-refractivity contribution in [2.75, 3.05) is 13.2 Å². The van der Waals surface area contributed by atoms with Crippen LogP contribution in [0.2, 0.25) is 0 Å². The lowest BCUT2D eigenvalue weighted by atomic mass is 10.1. The topological polar surface area (TPSA) is 70.7 Å². The molecule has 7 heteroatoms. The van der Waals surface area contributed by atoms with Gasteiger partial charge in [-0.25, -0.2) is 4.98 Å². The first-order valence-corrected chi connectivity index (χ1v) is 7.33. The average Bonchev–Trinajstić information content (AvgIpc) is 3.30. The van der Waals surface area contributed by atoms with Crippen LogP contribution in [0.1, 0.15) is 24.0 Å². The Balaban J connectivity index is 1.63. The highest BCUT2D eigenvalue weighted by molar-refractivity contribution is 5.30. The Morgan fingerprint density at radius 2 is 2.14 bits per heavy atom. The fourth-order valence-corrected chi connectivity index (χ4v) is 2.78. The molecule has 0 bridgehead atoms. The molecule has 1 aliphatic rings. The largest absolute Gasteiger partial charge is 0.381 e. The molecule has 0 saturated carbocycles. The fourth-order valence-electron chi connectivity index (χ4n) is 2.78. The molecule has 1 atom stereocenters. The first kappa shape index (κ1) is 13.1. The average molecular weight is 296 g/mol. The van der Waals surface area contributed by atoms with E-state index in [0.717, 1.165) is 37.0 Å². The van der Waals surface area contributed by atoms with E-state index in [-0.39, 0.29) is 0 Å². The number of tetrazole rings is 1. The summed E-state index contributed by atoms with van der Waals surface area (Å²) >= 11 is 0. The summed E-state index contributed by atoms with van der Waals surface area (Å²) in [5, 5.41) is 12.1. The summed E-state index contributed by atoms with van der Waals surface area (Å²) in [6.07, 6.45) is 4.81. The zero-order chi connectivity index (χ0) is 14.8. The van der Waals surface area contributed by atoms with E-state index in [1.165, 1.54) is 0 Å². The van der Waals surface area contributed by atoms with E-state index in [1.54, 1.807) is 4.68 Å². The summed E-state index contributed by atoms with van der Waals surface area (Å²) in [4.78, 5) is 4.49. The van der Waals surface area contributed by atoms with Crippen molar-refractivity contribution < 1.29 is 4.74 Å². The van der Waals surface area contributed by atoms with Gasteiger partial charge in [-0.15, -0.1) is 5.10 Å². The Hall–Kier alpha value is -2.54. The second-order valence-electron chi connectivity index (χ2n) is 5.32. The summed E-state index contributed by atoms with van der Waals surface area (Å²) in [6.45, 7) is 2.13. The van der Waals surface area contributed by atoms with Crippen LogP contribution in [0.15, 0.2) is 42.7 Å². The van der Waals surface area contributed by atoms with Gasteiger partial charge in [-0.1, -0.05) is 18.2 Å². The van der Waals surface area contributed by atoms with Gasteiger partial charge in [-0.3, -0.25) is 0 Å². The summed E-state index contributed by atoms with van der Waals surface area (Å²) in [5.74, 6) is 2.18. The molecule has 1 aromatic carbocycles. The molecule has 0 aliphatic carbocycles. The molecule has 3 heterocycles. The van der Waals surface area contributed by atoms with Crippen molar-refractivity contribution in [1.29, 1.82) is 0 Å². The van der Waals surface area contributed by atoms with Gasteiger partial charge >= 0.3 is 0 Å². The van der Waals surface area contributed by atoms with Gasteiger partial charge in [0.2, 0.25) is 0 Å². The van der Waals surface area contributed by atoms with Crippen molar-refractivity contribution in [3.63, 3.8) is 0 Å². The zero-order valence-electron chi connectivity index (χ0n) is 12.0. The highest BCUT2D eigenvalue weighted by Crippen LogP contribution is 2.24. The molecule has 0 N–H and O–H groups in total. The van der Waals surface area contributed by atoms with E-state index in [1.807, 2.05) is 42.7 Å². The van der Waals surface area contributed by atoms with E-state index in [2.05, 4.69) is 25.1 Å². The predicted octanol–water partition coefficient (Wildman–Crippen LogP) is 1.41. The van der Waals surface area contributed by atoms with Crippen molar-refractivity contribution in [2.45, 2.75) is 18.9 Å². The standard InChI is InChI=1S/C15H16N6O/c1-2-4-13(5-3-1)21-14(17-18-19-21)10-20-8-7-16-15(20)12-6-9-22-11-12/h1-5,7-8,12H,6,9-11H2. The normalized spacial score (nSPS) is 17.9. The van der Waals surface area contributed by atoms with Gasteiger partial charge in [0, 0.05) is 24.9 Å². The lowest BCUT2D eigenvalue weighted by molar-refractivity contribution is 0.192. The first-order chi connectivity index (χ1) is 10.9. The van der Waals surface area contributed by atoms with Crippen LogP contribution >= 0.6 is 0 Å². The van der Waals surface area contributed by atoms with Gasteiger partial charge in [0.15, 0.2) is 5.82 Å². The van der Waals surface area contributed by atoms with Crippen molar-refractivity contribution in [1.82, 2.24) is 29.8 Å². The number of hydrogen-bond acceptors (Lipinski definition) is 5. The molecule has 0 spiro atoms. The van der Waals surface area contributed by atoms with Gasteiger partial charge in [-0.2, -0.15) is 4.68 Å². The third-order valence-electron chi connectivity index (χ3n) is 3.89. The van der Waals surface area contributed by atoms with Gasteiger partial charge in [0.25, 0.3) is 0 Å². The second-order valence-corrected chi connectivity index (χ2v) is 5.32. The number of benzene rings is 1. The van der Waals surface area contributed by atoms with Crippen LogP contribution in [0.25, 0.3) is 5.69 Å². The van der Waals surface area contributed by atoms with Crippen molar-refractivity contribution in [3.05, 3.63) is 54.4 Å². The molecule has 22 heavy (non-hydrogen) atoms. The summed E-state index contributed by atoms with van der Waals surface area (Å²) in [5.41, 5.74) is 0.952. The molecule has 112 valence electrons. The third-order valence-corrected chi connectivity index (χ3v) is 3.89. The van der Waals surface area contributed by atoms with Crippen molar-refractivity contribution >= 4 is 0 Å². The zero-order valence-corrected chi connectivity index (χ0v) is 12.0. The first-order valence-electron chi connectivity index (χ1n) is 7.33. The second kappa shape index (κ2) is 5.69. The van der Waals surface area contributed by atoms with E-state index in [9.17, 15) is 0 Å². The Kier molecular flexibility index (Phi) is 3.40. The number of imidazole rings is 1. The molecular formula is C15H16N6O. The SMILES string of the molecule is c1ccc(-n2nnnc2Cn2ccnc2C2CCOC2)cc1. The van der Waals surface area contributed by atoms with Crippen molar-refractivity contribution in [2.24, 2.45) is 0 Å². The highest BCUT2D eigenvalue weighted by Gasteiger charge is 2.23. The van der Waals surface area contributed by atoms with Crippen LogP contribution in [0.3, 0.4) is 0 Å². The number of hydrogen-bond donors (Lipinski definition) is 0. The maximum atomic E-state index is 5.47. The molecule has 1 aliphatic heterocycles. The molecule has 1 fully saturated rings. The fraction of sp³-hybridized carbons (Fsp3) is 0.333. The number of nitrogens with zero attached hydrogens (tertiary/aromatic N) is 6. The predicted molar refractivity (Wildman–Crippen MR) is 78.7 cm³/mol. The van der Waals surface area contributed by atoms with Crippen LogP contribution in [0, 0.1) is 0 Å². The number of para-hydroxylation sites is 1. The Morgan fingerprint density at radius 3 is 2.95 bits per heavy atom. The number of aromatic nitrogens is 6.